The van der Waals surface area contributed by atoms with E-state index in [4.69, 9.17) is 27.9 Å². The van der Waals surface area contributed by atoms with Crippen LogP contribution in [0.2, 0.25) is 10.0 Å². The Morgan fingerprint density at radius 2 is 1.97 bits per heavy atom. The van der Waals surface area contributed by atoms with Gasteiger partial charge in [-0.05, 0) is 49.4 Å². The molecule has 0 aliphatic carbocycles. The van der Waals surface area contributed by atoms with Gasteiger partial charge in [0.1, 0.15) is 18.2 Å². The predicted molar refractivity (Wildman–Crippen MR) is 112 cm³/mol. The molecule has 0 aliphatic rings. The zero-order chi connectivity index (χ0) is 21.0. The first-order chi connectivity index (χ1) is 13.8. The summed E-state index contributed by atoms with van der Waals surface area (Å²) in [4.78, 5) is 12.4. The third-order valence-corrected chi connectivity index (χ3v) is 5.65. The highest BCUT2D eigenvalue weighted by Crippen LogP contribution is 2.26. The number of benzene rings is 2. The van der Waals surface area contributed by atoms with Crippen LogP contribution in [-0.4, -0.2) is 25.9 Å². The Labute approximate surface area is 181 Å². The van der Waals surface area contributed by atoms with Crippen molar-refractivity contribution in [1.29, 1.82) is 0 Å². The van der Waals surface area contributed by atoms with E-state index in [-0.39, 0.29) is 17.5 Å². The van der Waals surface area contributed by atoms with Crippen molar-refractivity contribution in [1.82, 2.24) is 14.8 Å². The molecule has 2 aromatic carbocycles. The van der Waals surface area contributed by atoms with Gasteiger partial charge in [-0.2, -0.15) is 0 Å². The van der Waals surface area contributed by atoms with E-state index >= 15 is 0 Å². The molecule has 1 N–H and O–H groups in total. The number of carbonyl (C=O) groups is 1. The Bertz CT molecular complexity index is 1010. The first kappa shape index (κ1) is 21.4. The lowest BCUT2D eigenvalue weighted by molar-refractivity contribution is -0.115. The molecule has 3 aromatic rings. The maximum atomic E-state index is 13.1. The summed E-state index contributed by atoms with van der Waals surface area (Å²) in [7, 11) is 1.80. The van der Waals surface area contributed by atoms with Gasteiger partial charge in [-0.1, -0.05) is 35.0 Å². The zero-order valence-corrected chi connectivity index (χ0v) is 17.9. The van der Waals surface area contributed by atoms with E-state index < -0.39 is 11.1 Å². The summed E-state index contributed by atoms with van der Waals surface area (Å²) in [6, 6.07) is 10.8. The Morgan fingerprint density at radius 1 is 1.24 bits per heavy atom. The number of amides is 1. The van der Waals surface area contributed by atoms with Crippen LogP contribution in [0.1, 0.15) is 12.7 Å². The largest absolute Gasteiger partial charge is 0.486 e. The van der Waals surface area contributed by atoms with Crippen molar-refractivity contribution < 1.29 is 13.9 Å². The Kier molecular flexibility index (Phi) is 7.00. The average Bonchev–Trinajstić information content (AvgIpc) is 3.03. The first-order valence-electron chi connectivity index (χ1n) is 8.52. The highest BCUT2D eigenvalue weighted by Gasteiger charge is 2.20. The minimum absolute atomic E-state index is 0.135. The lowest BCUT2D eigenvalue weighted by Crippen LogP contribution is -2.23. The first-order valence-corrected chi connectivity index (χ1v) is 10.2. The molecule has 0 radical (unpaired) electrons. The van der Waals surface area contributed by atoms with Crippen LogP contribution < -0.4 is 10.1 Å². The maximum Gasteiger partial charge on any atom is 0.237 e. The number of ether oxygens (including phenoxy) is 1. The van der Waals surface area contributed by atoms with Gasteiger partial charge < -0.3 is 14.6 Å². The molecule has 6 nitrogen and oxygen atoms in total. The molecule has 0 saturated heterocycles. The second-order valence-corrected chi connectivity index (χ2v) is 8.23. The van der Waals surface area contributed by atoms with Crippen molar-refractivity contribution in [3.63, 3.8) is 0 Å². The number of aromatic nitrogens is 3. The molecule has 1 unspecified atom stereocenters. The molecule has 10 heteroatoms. The lowest BCUT2D eigenvalue weighted by atomic mass is 10.3. The lowest BCUT2D eigenvalue weighted by Gasteiger charge is -2.12. The summed E-state index contributed by atoms with van der Waals surface area (Å²) >= 11 is 13.0. The molecule has 0 aliphatic heterocycles. The normalized spacial score (nSPS) is 11.9. The number of thioether (sulfide) groups is 1. The van der Waals surface area contributed by atoms with Gasteiger partial charge in [0.05, 0.1) is 16.0 Å². The SMILES string of the molecule is CC(Sc1nnc(COc2ccc(Cl)cc2)n1C)C(=O)Nc1ccc(F)cc1Cl. The fourth-order valence-electron chi connectivity index (χ4n) is 2.29. The molecular weight excluding hydrogens is 438 g/mol. The monoisotopic (exact) mass is 454 g/mol. The van der Waals surface area contributed by atoms with Gasteiger partial charge >= 0.3 is 0 Å². The van der Waals surface area contributed by atoms with Crippen LogP contribution in [0, 0.1) is 5.82 Å². The third-order valence-electron chi connectivity index (χ3n) is 3.95. The van der Waals surface area contributed by atoms with Crippen LogP contribution in [0.3, 0.4) is 0 Å². The van der Waals surface area contributed by atoms with Gasteiger partial charge in [0, 0.05) is 12.1 Å². The molecule has 0 spiro atoms. The van der Waals surface area contributed by atoms with Crippen LogP contribution in [0.15, 0.2) is 47.6 Å². The van der Waals surface area contributed by atoms with Crippen LogP contribution in [0.25, 0.3) is 0 Å². The predicted octanol–water partition coefficient (Wildman–Crippen LogP) is 4.96. The summed E-state index contributed by atoms with van der Waals surface area (Å²) in [6.45, 7) is 1.95. The van der Waals surface area contributed by atoms with Crippen molar-refractivity contribution in [2.45, 2.75) is 23.9 Å². The fourth-order valence-corrected chi connectivity index (χ4v) is 3.46. The van der Waals surface area contributed by atoms with Gasteiger partial charge in [0.15, 0.2) is 11.0 Å². The second-order valence-electron chi connectivity index (χ2n) is 6.07. The second kappa shape index (κ2) is 9.47. The van der Waals surface area contributed by atoms with Gasteiger partial charge in [-0.25, -0.2) is 4.39 Å². The Balaban J connectivity index is 1.59. The van der Waals surface area contributed by atoms with E-state index in [2.05, 4.69) is 15.5 Å². The van der Waals surface area contributed by atoms with E-state index in [9.17, 15) is 9.18 Å². The quantitative estimate of drug-likeness (QED) is 0.510. The summed E-state index contributed by atoms with van der Waals surface area (Å²) in [6.07, 6.45) is 0. The molecule has 1 heterocycles. The number of anilines is 1. The summed E-state index contributed by atoms with van der Waals surface area (Å²) < 4.78 is 20.6. The van der Waals surface area contributed by atoms with E-state index in [1.807, 2.05) is 0 Å². The Hall–Kier alpha value is -2.29. The minimum Gasteiger partial charge on any atom is -0.486 e. The summed E-state index contributed by atoms with van der Waals surface area (Å²) in [5.74, 6) is 0.514. The number of hydrogen-bond acceptors (Lipinski definition) is 5. The van der Waals surface area contributed by atoms with Gasteiger partial charge in [-0.15, -0.1) is 10.2 Å². The Morgan fingerprint density at radius 3 is 2.66 bits per heavy atom. The molecule has 0 bridgehead atoms. The topological polar surface area (TPSA) is 69.0 Å². The molecule has 0 fully saturated rings. The molecule has 0 saturated carbocycles. The molecule has 1 amide bonds. The van der Waals surface area contributed by atoms with Crippen molar-refractivity contribution in [2.24, 2.45) is 7.05 Å². The zero-order valence-electron chi connectivity index (χ0n) is 15.5. The van der Waals surface area contributed by atoms with Crippen LogP contribution >= 0.6 is 35.0 Å². The fraction of sp³-hybridized carbons (Fsp3) is 0.211. The van der Waals surface area contributed by atoms with Crippen LogP contribution in [0.5, 0.6) is 5.75 Å². The number of nitrogens with zero attached hydrogens (tertiary/aromatic N) is 3. The van der Waals surface area contributed by atoms with Gasteiger partial charge in [0.25, 0.3) is 0 Å². The van der Waals surface area contributed by atoms with E-state index in [1.54, 1.807) is 42.8 Å². The van der Waals surface area contributed by atoms with E-state index in [1.165, 1.54) is 23.9 Å². The minimum atomic E-state index is -0.482. The van der Waals surface area contributed by atoms with E-state index in [0.29, 0.717) is 27.4 Å². The highest BCUT2D eigenvalue weighted by molar-refractivity contribution is 8.00. The number of halogens is 3. The molecule has 1 atom stereocenters. The third kappa shape index (κ3) is 5.62. The van der Waals surface area contributed by atoms with Crippen molar-refractivity contribution in [3.05, 3.63) is 64.2 Å². The molecule has 29 heavy (non-hydrogen) atoms. The highest BCUT2D eigenvalue weighted by atomic mass is 35.5. The van der Waals surface area contributed by atoms with Crippen LogP contribution in [0.4, 0.5) is 10.1 Å². The molecule has 3 rings (SSSR count). The van der Waals surface area contributed by atoms with Crippen molar-refractivity contribution in [2.75, 3.05) is 5.32 Å². The smallest absolute Gasteiger partial charge is 0.237 e. The molecule has 1 aromatic heterocycles. The van der Waals surface area contributed by atoms with Gasteiger partial charge in [0.2, 0.25) is 5.91 Å². The molecule has 152 valence electrons. The van der Waals surface area contributed by atoms with Crippen molar-refractivity contribution in [3.8, 4) is 5.75 Å². The number of carbonyl (C=O) groups excluding carboxylic acids is 1. The van der Waals surface area contributed by atoms with E-state index in [0.717, 1.165) is 6.07 Å². The number of nitrogens with one attached hydrogen (secondary N) is 1. The van der Waals surface area contributed by atoms with Crippen molar-refractivity contribution >= 4 is 46.6 Å². The summed E-state index contributed by atoms with van der Waals surface area (Å²) in [5, 5.41) is 11.8. The number of hydrogen-bond donors (Lipinski definition) is 1. The van der Waals surface area contributed by atoms with Crippen LogP contribution in [-0.2, 0) is 18.4 Å². The number of rotatable bonds is 7. The van der Waals surface area contributed by atoms with Gasteiger partial charge in [-0.3, -0.25) is 4.79 Å². The standard InChI is InChI=1S/C19H17Cl2FN4O2S/c1-11(18(27)23-16-8-5-13(22)9-15(16)21)29-19-25-24-17(26(19)2)10-28-14-6-3-12(20)4-7-14/h3-9,11H,10H2,1-2H3,(H,23,27). The maximum absolute atomic E-state index is 13.1. The molecular formula is C19H17Cl2FN4O2S. The average molecular weight is 455 g/mol. The summed E-state index contributed by atoms with van der Waals surface area (Å²) in [5.41, 5.74) is 0.348.